The third-order valence-corrected chi connectivity index (χ3v) is 5.42. The predicted octanol–water partition coefficient (Wildman–Crippen LogP) is 4.35. The van der Waals surface area contributed by atoms with Gasteiger partial charge in [0.25, 0.3) is 0 Å². The Kier molecular flexibility index (Phi) is 6.24. The third kappa shape index (κ3) is 4.54. The first-order chi connectivity index (χ1) is 13.1. The summed E-state index contributed by atoms with van der Waals surface area (Å²) in [5.74, 6) is 2.03. The molecular formula is C20H23N3O3S. The molecule has 1 atom stereocenters. The van der Waals surface area contributed by atoms with Gasteiger partial charge in [0.15, 0.2) is 0 Å². The fourth-order valence-electron chi connectivity index (χ4n) is 2.87. The normalized spacial score (nSPS) is 12.0. The number of nitrogens with zero attached hydrogens (tertiary/aromatic N) is 3. The van der Waals surface area contributed by atoms with Gasteiger partial charge in [0, 0.05) is 25.5 Å². The predicted molar refractivity (Wildman–Crippen MR) is 105 cm³/mol. The van der Waals surface area contributed by atoms with Crippen LogP contribution in [0.5, 0.6) is 5.75 Å². The Morgan fingerprint density at radius 2 is 2.11 bits per heavy atom. The van der Waals surface area contributed by atoms with Crippen LogP contribution in [0.15, 0.2) is 46.3 Å². The number of para-hydroxylation sites is 1. The molecule has 0 N–H and O–H groups in total. The van der Waals surface area contributed by atoms with Crippen molar-refractivity contribution in [2.75, 3.05) is 14.2 Å². The second-order valence-corrected chi connectivity index (χ2v) is 7.21. The Labute approximate surface area is 162 Å². The molecule has 0 spiro atoms. The van der Waals surface area contributed by atoms with Crippen molar-refractivity contribution >= 4 is 17.2 Å². The second kappa shape index (κ2) is 8.81. The Morgan fingerprint density at radius 3 is 2.85 bits per heavy atom. The Morgan fingerprint density at radius 1 is 1.30 bits per heavy atom. The minimum atomic E-state index is -0.0671. The van der Waals surface area contributed by atoms with E-state index in [1.807, 2.05) is 55.7 Å². The molecule has 2 aromatic heterocycles. The number of rotatable bonds is 8. The van der Waals surface area contributed by atoms with Crippen molar-refractivity contribution in [1.82, 2.24) is 15.0 Å². The van der Waals surface area contributed by atoms with E-state index < -0.39 is 0 Å². The van der Waals surface area contributed by atoms with Crippen LogP contribution in [0.25, 0.3) is 10.7 Å². The molecule has 1 aromatic carbocycles. The fourth-order valence-corrected chi connectivity index (χ4v) is 3.51. The van der Waals surface area contributed by atoms with E-state index in [0.717, 1.165) is 16.2 Å². The standard InChI is InChI=1S/C20H23N3O3S/c1-14(15-8-4-5-9-16(15)25-3)23(2)19(24)12-6-11-18-21-20(22-26-18)17-10-7-13-27-17/h4-5,7-10,13-14H,6,11-12H2,1-3H3. The minimum absolute atomic E-state index is 0.0671. The van der Waals surface area contributed by atoms with Crippen LogP contribution in [-0.4, -0.2) is 35.1 Å². The molecule has 3 aromatic rings. The summed E-state index contributed by atoms with van der Waals surface area (Å²) in [6.45, 7) is 2.00. The van der Waals surface area contributed by atoms with Crippen LogP contribution in [0.4, 0.5) is 0 Å². The van der Waals surface area contributed by atoms with Crippen molar-refractivity contribution in [3.63, 3.8) is 0 Å². The number of amides is 1. The molecule has 6 nitrogen and oxygen atoms in total. The van der Waals surface area contributed by atoms with E-state index in [4.69, 9.17) is 9.26 Å². The number of ether oxygens (including phenoxy) is 1. The van der Waals surface area contributed by atoms with Gasteiger partial charge in [0.2, 0.25) is 17.6 Å². The topological polar surface area (TPSA) is 68.5 Å². The zero-order chi connectivity index (χ0) is 19.2. The van der Waals surface area contributed by atoms with E-state index in [-0.39, 0.29) is 11.9 Å². The average Bonchev–Trinajstić information content (AvgIpc) is 3.38. The SMILES string of the molecule is COc1ccccc1C(C)N(C)C(=O)CCCc1nc(-c2cccs2)no1. The van der Waals surface area contributed by atoms with Crippen LogP contribution in [0, 0.1) is 0 Å². The summed E-state index contributed by atoms with van der Waals surface area (Å²) in [5.41, 5.74) is 0.994. The summed E-state index contributed by atoms with van der Waals surface area (Å²) in [6.07, 6.45) is 1.67. The maximum atomic E-state index is 12.6. The minimum Gasteiger partial charge on any atom is -0.496 e. The lowest BCUT2D eigenvalue weighted by Gasteiger charge is -2.26. The number of carbonyl (C=O) groups excluding carboxylic acids is 1. The lowest BCUT2D eigenvalue weighted by atomic mass is 10.1. The maximum Gasteiger partial charge on any atom is 0.226 e. The Hall–Kier alpha value is -2.67. The highest BCUT2D eigenvalue weighted by molar-refractivity contribution is 7.13. The van der Waals surface area contributed by atoms with Gasteiger partial charge in [-0.25, -0.2) is 0 Å². The number of aryl methyl sites for hydroxylation is 1. The van der Waals surface area contributed by atoms with Gasteiger partial charge >= 0.3 is 0 Å². The number of thiophene rings is 1. The average molecular weight is 385 g/mol. The molecule has 0 radical (unpaired) electrons. The van der Waals surface area contributed by atoms with Crippen molar-refractivity contribution in [2.24, 2.45) is 0 Å². The van der Waals surface area contributed by atoms with Crippen LogP contribution < -0.4 is 4.74 Å². The van der Waals surface area contributed by atoms with Crippen LogP contribution in [0.2, 0.25) is 0 Å². The molecule has 0 aliphatic heterocycles. The van der Waals surface area contributed by atoms with Crippen LogP contribution in [0.3, 0.4) is 0 Å². The number of aromatic nitrogens is 2. The molecule has 1 amide bonds. The number of hydrogen-bond acceptors (Lipinski definition) is 6. The van der Waals surface area contributed by atoms with Crippen LogP contribution in [-0.2, 0) is 11.2 Å². The molecule has 0 saturated heterocycles. The highest BCUT2D eigenvalue weighted by Gasteiger charge is 2.20. The van der Waals surface area contributed by atoms with E-state index in [1.165, 1.54) is 0 Å². The van der Waals surface area contributed by atoms with Gasteiger partial charge in [0.05, 0.1) is 18.0 Å². The first-order valence-electron chi connectivity index (χ1n) is 8.85. The highest BCUT2D eigenvalue weighted by Crippen LogP contribution is 2.28. The first-order valence-corrected chi connectivity index (χ1v) is 9.73. The summed E-state index contributed by atoms with van der Waals surface area (Å²) < 4.78 is 10.7. The maximum absolute atomic E-state index is 12.6. The Bertz CT molecular complexity index is 876. The van der Waals surface area contributed by atoms with Crippen molar-refractivity contribution in [1.29, 1.82) is 0 Å². The van der Waals surface area contributed by atoms with Gasteiger partial charge in [-0.2, -0.15) is 4.98 Å². The van der Waals surface area contributed by atoms with E-state index in [9.17, 15) is 4.79 Å². The summed E-state index contributed by atoms with van der Waals surface area (Å²) in [4.78, 5) is 19.7. The lowest BCUT2D eigenvalue weighted by molar-refractivity contribution is -0.131. The zero-order valence-electron chi connectivity index (χ0n) is 15.7. The van der Waals surface area contributed by atoms with Gasteiger partial charge in [-0.05, 0) is 30.9 Å². The number of methoxy groups -OCH3 is 1. The summed E-state index contributed by atoms with van der Waals surface area (Å²) >= 11 is 1.57. The largest absolute Gasteiger partial charge is 0.496 e. The quantitative estimate of drug-likeness (QED) is 0.577. The number of hydrogen-bond donors (Lipinski definition) is 0. The van der Waals surface area contributed by atoms with Crippen molar-refractivity contribution in [3.05, 3.63) is 53.2 Å². The molecule has 1 unspecified atom stereocenters. The first kappa shape index (κ1) is 19.1. The molecule has 27 heavy (non-hydrogen) atoms. The van der Waals surface area contributed by atoms with E-state index in [2.05, 4.69) is 10.1 Å². The van der Waals surface area contributed by atoms with Crippen molar-refractivity contribution in [2.45, 2.75) is 32.2 Å². The van der Waals surface area contributed by atoms with Crippen molar-refractivity contribution < 1.29 is 14.1 Å². The smallest absolute Gasteiger partial charge is 0.226 e. The molecule has 2 heterocycles. The molecular weight excluding hydrogens is 362 g/mol. The lowest BCUT2D eigenvalue weighted by Crippen LogP contribution is -2.29. The van der Waals surface area contributed by atoms with E-state index in [0.29, 0.717) is 31.0 Å². The molecule has 7 heteroatoms. The number of carbonyl (C=O) groups is 1. The van der Waals surface area contributed by atoms with Crippen LogP contribution >= 0.6 is 11.3 Å². The van der Waals surface area contributed by atoms with Gasteiger partial charge in [0.1, 0.15) is 5.75 Å². The zero-order valence-corrected chi connectivity index (χ0v) is 16.5. The summed E-state index contributed by atoms with van der Waals surface area (Å²) in [6, 6.07) is 11.6. The van der Waals surface area contributed by atoms with E-state index >= 15 is 0 Å². The summed E-state index contributed by atoms with van der Waals surface area (Å²) in [7, 11) is 3.46. The third-order valence-electron chi connectivity index (χ3n) is 4.55. The van der Waals surface area contributed by atoms with Gasteiger partial charge < -0.3 is 14.2 Å². The molecule has 0 saturated carbocycles. The highest BCUT2D eigenvalue weighted by atomic mass is 32.1. The van der Waals surface area contributed by atoms with Crippen LogP contribution in [0.1, 0.15) is 37.3 Å². The molecule has 3 rings (SSSR count). The van der Waals surface area contributed by atoms with E-state index in [1.54, 1.807) is 23.3 Å². The van der Waals surface area contributed by atoms with Crippen molar-refractivity contribution in [3.8, 4) is 16.5 Å². The fraction of sp³-hybridized carbons (Fsp3) is 0.350. The van der Waals surface area contributed by atoms with Gasteiger partial charge in [-0.1, -0.05) is 29.4 Å². The molecule has 142 valence electrons. The molecule has 0 bridgehead atoms. The Balaban J connectivity index is 1.53. The second-order valence-electron chi connectivity index (χ2n) is 6.27. The number of benzene rings is 1. The monoisotopic (exact) mass is 385 g/mol. The summed E-state index contributed by atoms with van der Waals surface area (Å²) in [5, 5.41) is 5.97. The molecule has 0 aliphatic carbocycles. The van der Waals surface area contributed by atoms with Gasteiger partial charge in [-0.15, -0.1) is 11.3 Å². The molecule has 0 aliphatic rings. The van der Waals surface area contributed by atoms with Gasteiger partial charge in [-0.3, -0.25) is 4.79 Å². The molecule has 0 fully saturated rings.